The van der Waals surface area contributed by atoms with Crippen LogP contribution in [0.15, 0.2) is 187 Å². The molecule has 5 aliphatic rings. The van der Waals surface area contributed by atoms with Gasteiger partial charge in [0.15, 0.2) is 0 Å². The highest BCUT2D eigenvalue weighted by molar-refractivity contribution is 5.89. The molecule has 1 aromatic heterocycles. The van der Waals surface area contributed by atoms with Crippen LogP contribution in [-0.4, -0.2) is 23.5 Å². The van der Waals surface area contributed by atoms with Crippen molar-refractivity contribution in [1.82, 2.24) is 9.88 Å². The van der Waals surface area contributed by atoms with E-state index in [0.717, 1.165) is 24.9 Å². The summed E-state index contributed by atoms with van der Waals surface area (Å²) in [5.41, 5.74) is 18.5. The fourth-order valence-electron chi connectivity index (χ4n) is 9.13. The molecule has 1 aliphatic heterocycles. The Morgan fingerprint density at radius 2 is 1.63 bits per heavy atom. The SMILES string of the molecule is CC1CC=CC2=C3C=CC=CC3C3(C)C=C(c4ccccc4-c4ccccc4Cc4cc(C5=CC=CN(C)C5)cc(-c5cccnc5)c4)C=CC3=C21. The van der Waals surface area contributed by atoms with E-state index in [0.29, 0.717) is 11.8 Å². The summed E-state index contributed by atoms with van der Waals surface area (Å²) in [6.07, 6.45) is 33.7. The highest BCUT2D eigenvalue weighted by Gasteiger charge is 2.44. The van der Waals surface area contributed by atoms with Crippen LogP contribution in [0.25, 0.3) is 33.4 Å². The van der Waals surface area contributed by atoms with Gasteiger partial charge in [-0.3, -0.25) is 4.98 Å². The molecule has 0 radical (unpaired) electrons. The number of fused-ring (bicyclic) bond motifs is 4. The third kappa shape index (κ3) is 5.64. The zero-order valence-corrected chi connectivity index (χ0v) is 30.3. The lowest BCUT2D eigenvalue weighted by Crippen LogP contribution is -2.35. The minimum Gasteiger partial charge on any atom is -0.376 e. The van der Waals surface area contributed by atoms with Crippen LogP contribution in [0.2, 0.25) is 0 Å². The molecule has 0 bridgehead atoms. The lowest BCUT2D eigenvalue weighted by molar-refractivity contribution is 0.405. The third-order valence-electron chi connectivity index (χ3n) is 11.7. The van der Waals surface area contributed by atoms with Crippen molar-refractivity contribution in [1.29, 1.82) is 0 Å². The lowest BCUT2D eigenvalue weighted by atomic mass is 9.57. The van der Waals surface area contributed by atoms with Crippen LogP contribution < -0.4 is 0 Å². The number of hydrogen-bond acceptors (Lipinski definition) is 2. The van der Waals surface area contributed by atoms with Crippen LogP contribution in [0.4, 0.5) is 0 Å². The predicted octanol–water partition coefficient (Wildman–Crippen LogP) is 11.8. The van der Waals surface area contributed by atoms with Gasteiger partial charge in [0.2, 0.25) is 0 Å². The maximum Gasteiger partial charge on any atom is 0.0426 e. The van der Waals surface area contributed by atoms with Crippen molar-refractivity contribution in [3.05, 3.63) is 209 Å². The van der Waals surface area contributed by atoms with Gasteiger partial charge in [0.1, 0.15) is 0 Å². The third-order valence-corrected chi connectivity index (χ3v) is 11.7. The van der Waals surface area contributed by atoms with Crippen molar-refractivity contribution in [3.8, 4) is 22.3 Å². The molecule has 3 aromatic carbocycles. The van der Waals surface area contributed by atoms with Gasteiger partial charge in [0.25, 0.3) is 0 Å². The second-order valence-electron chi connectivity index (χ2n) is 15.2. The molecule has 0 spiro atoms. The summed E-state index contributed by atoms with van der Waals surface area (Å²) in [4.78, 5) is 6.69. The summed E-state index contributed by atoms with van der Waals surface area (Å²) < 4.78 is 0. The van der Waals surface area contributed by atoms with Crippen molar-refractivity contribution < 1.29 is 0 Å². The molecule has 2 heteroatoms. The zero-order valence-electron chi connectivity index (χ0n) is 30.3. The van der Waals surface area contributed by atoms with Crippen molar-refractivity contribution in [2.24, 2.45) is 17.3 Å². The molecule has 3 unspecified atom stereocenters. The second kappa shape index (κ2) is 13.1. The quantitative estimate of drug-likeness (QED) is 0.203. The number of likely N-dealkylation sites (N-methyl/N-ethyl adjacent to an activating group) is 1. The summed E-state index contributed by atoms with van der Waals surface area (Å²) in [5.74, 6) is 0.807. The summed E-state index contributed by atoms with van der Waals surface area (Å²) in [6, 6.07) is 29.3. The van der Waals surface area contributed by atoms with Gasteiger partial charge in [0, 0.05) is 42.9 Å². The van der Waals surface area contributed by atoms with E-state index in [4.69, 9.17) is 0 Å². The highest BCUT2D eigenvalue weighted by atomic mass is 15.1. The number of pyridine rings is 1. The van der Waals surface area contributed by atoms with Gasteiger partial charge in [-0.15, -0.1) is 0 Å². The Balaban J connectivity index is 1.13. The standard InChI is InChI=1S/C50H44N2/c1-34-13-10-21-46-45-20-8-9-22-47(45)50(2)31-37(23-24-48(50)49(34)46)43-18-6-7-19-44(43)42-17-5-4-14-36(42)27-35-28-40(38-15-11-25-51-32-38)30-41(29-35)39-16-12-26-52(3)33-39/h4-12,14-26,28-32,34,47H,13,27,33H2,1-3H3. The number of aromatic nitrogens is 1. The molecule has 254 valence electrons. The van der Waals surface area contributed by atoms with Gasteiger partial charge in [-0.25, -0.2) is 0 Å². The molecule has 4 aliphatic carbocycles. The molecular weight excluding hydrogens is 629 g/mol. The smallest absolute Gasteiger partial charge is 0.0426 e. The van der Waals surface area contributed by atoms with Crippen molar-refractivity contribution in [3.63, 3.8) is 0 Å². The first kappa shape index (κ1) is 32.2. The number of allylic oxidation sites excluding steroid dienone is 16. The monoisotopic (exact) mass is 672 g/mol. The van der Waals surface area contributed by atoms with Gasteiger partial charge in [-0.2, -0.15) is 0 Å². The van der Waals surface area contributed by atoms with Gasteiger partial charge >= 0.3 is 0 Å². The van der Waals surface area contributed by atoms with Gasteiger partial charge < -0.3 is 4.90 Å². The molecule has 0 N–H and O–H groups in total. The van der Waals surface area contributed by atoms with Crippen molar-refractivity contribution in [2.45, 2.75) is 26.7 Å². The number of rotatable bonds is 6. The Hall–Kier alpha value is -5.73. The van der Waals surface area contributed by atoms with Gasteiger partial charge in [-0.05, 0) is 116 Å². The van der Waals surface area contributed by atoms with E-state index in [2.05, 4.69) is 177 Å². The maximum atomic E-state index is 4.45. The van der Waals surface area contributed by atoms with Crippen molar-refractivity contribution >= 4 is 11.1 Å². The molecule has 3 atom stereocenters. The predicted molar refractivity (Wildman–Crippen MR) is 218 cm³/mol. The maximum absolute atomic E-state index is 4.45. The average Bonchev–Trinajstić information content (AvgIpc) is 3.18. The summed E-state index contributed by atoms with van der Waals surface area (Å²) in [7, 11) is 2.13. The van der Waals surface area contributed by atoms with Crippen molar-refractivity contribution in [2.75, 3.05) is 13.6 Å². The Bertz CT molecular complexity index is 2370. The Morgan fingerprint density at radius 1 is 0.808 bits per heavy atom. The highest BCUT2D eigenvalue weighted by Crippen LogP contribution is 2.56. The molecule has 52 heavy (non-hydrogen) atoms. The first-order valence-corrected chi connectivity index (χ1v) is 18.7. The number of benzene rings is 3. The normalized spacial score (nSPS) is 22.9. The van der Waals surface area contributed by atoms with E-state index in [9.17, 15) is 0 Å². The number of nitrogens with zero attached hydrogens (tertiary/aromatic N) is 2. The van der Waals surface area contributed by atoms with Crippen LogP contribution in [0.1, 0.15) is 42.5 Å². The molecule has 0 saturated carbocycles. The van der Waals surface area contributed by atoms with Crippen LogP contribution in [0.3, 0.4) is 0 Å². The minimum atomic E-state index is -0.133. The summed E-state index contributed by atoms with van der Waals surface area (Å²) in [5, 5.41) is 0. The van der Waals surface area contributed by atoms with E-state index < -0.39 is 0 Å². The molecule has 0 saturated heterocycles. The summed E-state index contributed by atoms with van der Waals surface area (Å²) >= 11 is 0. The first-order chi connectivity index (χ1) is 25.5. The largest absolute Gasteiger partial charge is 0.376 e. The van der Waals surface area contributed by atoms with E-state index in [1.165, 1.54) is 72.4 Å². The molecule has 0 amide bonds. The lowest BCUT2D eigenvalue weighted by Gasteiger charge is -2.46. The molecule has 2 nitrogen and oxygen atoms in total. The fraction of sp³-hybridized carbons (Fsp3) is 0.180. The molecule has 2 heterocycles. The molecule has 9 rings (SSSR count). The average molecular weight is 673 g/mol. The summed E-state index contributed by atoms with van der Waals surface area (Å²) in [6.45, 7) is 5.75. The number of hydrogen-bond donors (Lipinski definition) is 0. The van der Waals surface area contributed by atoms with E-state index in [1.54, 1.807) is 0 Å². The van der Waals surface area contributed by atoms with Crippen LogP contribution in [0, 0.1) is 17.3 Å². The van der Waals surface area contributed by atoms with E-state index >= 15 is 0 Å². The van der Waals surface area contributed by atoms with Gasteiger partial charge in [-0.1, -0.05) is 141 Å². The Morgan fingerprint density at radius 3 is 2.48 bits per heavy atom. The first-order valence-electron chi connectivity index (χ1n) is 18.7. The molecule has 0 fully saturated rings. The van der Waals surface area contributed by atoms with Crippen LogP contribution in [0.5, 0.6) is 0 Å². The fourth-order valence-corrected chi connectivity index (χ4v) is 9.13. The topological polar surface area (TPSA) is 16.1 Å². The molecular formula is C50H44N2. The minimum absolute atomic E-state index is 0.133. The van der Waals surface area contributed by atoms with E-state index in [-0.39, 0.29) is 5.41 Å². The Kier molecular flexibility index (Phi) is 8.12. The van der Waals surface area contributed by atoms with Crippen LogP contribution >= 0.6 is 0 Å². The van der Waals surface area contributed by atoms with Crippen LogP contribution in [-0.2, 0) is 6.42 Å². The van der Waals surface area contributed by atoms with Gasteiger partial charge in [0.05, 0.1) is 0 Å². The molecule has 4 aromatic rings. The zero-order chi connectivity index (χ0) is 35.2. The second-order valence-corrected chi connectivity index (χ2v) is 15.2. The van der Waals surface area contributed by atoms with E-state index in [1.807, 2.05) is 18.5 Å². The Labute approximate surface area is 308 Å².